The minimum absolute atomic E-state index is 0.115. The Kier molecular flexibility index (Phi) is 18.6. The highest BCUT2D eigenvalue weighted by molar-refractivity contribution is 5.96. The van der Waals surface area contributed by atoms with Crippen LogP contribution in [0.15, 0.2) is 134 Å². The fourth-order valence-corrected chi connectivity index (χ4v) is 4.94. The SMILES string of the molecule is CCC=CCC=CCC=CCC=CCC=CCC=CCC(=O)OCC(=O)C(CC(C)N(C)C)(c1ccccc1)c1ccccc1. The lowest BCUT2D eigenvalue weighted by molar-refractivity contribution is -0.148. The molecule has 0 bridgehead atoms. The van der Waals surface area contributed by atoms with Crippen molar-refractivity contribution in [3.63, 3.8) is 0 Å². The molecule has 0 spiro atoms. The number of carbonyl (C=O) groups excluding carboxylic acids is 2. The number of esters is 1. The molecule has 4 heteroatoms. The Hall–Kier alpha value is -4.02. The van der Waals surface area contributed by atoms with E-state index in [0.29, 0.717) is 6.42 Å². The molecule has 0 heterocycles. The molecule has 0 saturated heterocycles. The van der Waals surface area contributed by atoms with Gasteiger partial charge in [-0.05, 0) is 77.1 Å². The van der Waals surface area contributed by atoms with E-state index in [2.05, 4.69) is 79.5 Å². The van der Waals surface area contributed by atoms with Crippen LogP contribution >= 0.6 is 0 Å². The zero-order chi connectivity index (χ0) is 32.6. The minimum Gasteiger partial charge on any atom is -0.457 e. The van der Waals surface area contributed by atoms with Crippen LogP contribution in [0.25, 0.3) is 0 Å². The summed E-state index contributed by atoms with van der Waals surface area (Å²) < 4.78 is 5.54. The molecule has 1 unspecified atom stereocenters. The summed E-state index contributed by atoms with van der Waals surface area (Å²) in [5.74, 6) is -0.524. The Morgan fingerprint density at radius 1 is 0.667 bits per heavy atom. The van der Waals surface area contributed by atoms with Gasteiger partial charge in [-0.1, -0.05) is 140 Å². The van der Waals surface area contributed by atoms with Crippen molar-refractivity contribution in [1.82, 2.24) is 4.90 Å². The normalized spacial score (nSPS) is 13.4. The second-order valence-electron chi connectivity index (χ2n) is 11.4. The van der Waals surface area contributed by atoms with Gasteiger partial charge in [0.1, 0.15) is 0 Å². The van der Waals surface area contributed by atoms with Crippen LogP contribution in [-0.2, 0) is 19.7 Å². The Balaban J connectivity index is 1.82. The molecule has 0 saturated carbocycles. The predicted molar refractivity (Wildman–Crippen MR) is 190 cm³/mol. The number of allylic oxidation sites excluding steroid dienone is 11. The van der Waals surface area contributed by atoms with E-state index in [9.17, 15) is 9.59 Å². The van der Waals surface area contributed by atoms with E-state index in [1.165, 1.54) is 0 Å². The Morgan fingerprint density at radius 2 is 1.07 bits per heavy atom. The maximum Gasteiger partial charge on any atom is 0.310 e. The number of Topliss-reactive ketones (excluding diaryl/α,β-unsaturated/α-hetero) is 1. The molecule has 1 atom stereocenters. The van der Waals surface area contributed by atoms with Gasteiger partial charge in [0.25, 0.3) is 0 Å². The van der Waals surface area contributed by atoms with Crippen molar-refractivity contribution in [3.8, 4) is 0 Å². The van der Waals surface area contributed by atoms with Gasteiger partial charge in [0.2, 0.25) is 0 Å². The van der Waals surface area contributed by atoms with Gasteiger partial charge in [-0.2, -0.15) is 0 Å². The van der Waals surface area contributed by atoms with E-state index in [1.807, 2.05) is 86.9 Å². The van der Waals surface area contributed by atoms with E-state index in [1.54, 1.807) is 0 Å². The van der Waals surface area contributed by atoms with Gasteiger partial charge in [0.05, 0.1) is 11.8 Å². The van der Waals surface area contributed by atoms with Gasteiger partial charge in [-0.25, -0.2) is 0 Å². The van der Waals surface area contributed by atoms with Crippen molar-refractivity contribution in [2.24, 2.45) is 0 Å². The molecule has 4 nitrogen and oxygen atoms in total. The standard InChI is InChI=1S/C41H53NO3/c1-5-6-7-8-9-10-11-12-13-14-15-16-17-18-19-20-21-28-33-40(44)45-35-39(43)41(34-36(2)42(3)4,37-29-24-22-25-30-37)38-31-26-23-27-32-38/h6-7,9-10,12-13,15-16,18-19,21-32,36H,5,8,11,14,17,20,33-35H2,1-4H3. The molecular formula is C41H53NO3. The molecule has 0 aliphatic heterocycles. The maximum absolute atomic E-state index is 14.0. The molecule has 2 rings (SSSR count). The first-order valence-electron chi connectivity index (χ1n) is 16.3. The highest BCUT2D eigenvalue weighted by Crippen LogP contribution is 2.38. The van der Waals surface area contributed by atoms with Crippen LogP contribution in [0.4, 0.5) is 0 Å². The van der Waals surface area contributed by atoms with Crippen LogP contribution in [0.3, 0.4) is 0 Å². The zero-order valence-electron chi connectivity index (χ0n) is 27.8. The lowest BCUT2D eigenvalue weighted by Gasteiger charge is -2.37. The Labute approximate surface area is 272 Å². The molecule has 0 radical (unpaired) electrons. The minimum atomic E-state index is -0.930. The summed E-state index contributed by atoms with van der Waals surface area (Å²) in [6.45, 7) is 3.99. The summed E-state index contributed by atoms with van der Waals surface area (Å²) in [4.78, 5) is 28.7. The van der Waals surface area contributed by atoms with E-state index in [0.717, 1.165) is 49.7 Å². The van der Waals surface area contributed by atoms with Crippen molar-refractivity contribution in [1.29, 1.82) is 0 Å². The van der Waals surface area contributed by atoms with Gasteiger partial charge in [0, 0.05) is 6.04 Å². The number of hydrogen-bond acceptors (Lipinski definition) is 4. The lowest BCUT2D eigenvalue weighted by Crippen LogP contribution is -2.45. The molecule has 240 valence electrons. The summed E-state index contributed by atoms with van der Waals surface area (Å²) in [7, 11) is 4.03. The third-order valence-electron chi connectivity index (χ3n) is 7.74. The first kappa shape index (κ1) is 37.2. The van der Waals surface area contributed by atoms with Gasteiger partial charge < -0.3 is 9.64 Å². The van der Waals surface area contributed by atoms with E-state index >= 15 is 0 Å². The van der Waals surface area contributed by atoms with Crippen molar-refractivity contribution >= 4 is 11.8 Å². The fourth-order valence-electron chi connectivity index (χ4n) is 4.94. The summed E-state index contributed by atoms with van der Waals surface area (Å²) >= 11 is 0. The molecule has 0 aliphatic rings. The second kappa shape index (κ2) is 22.5. The third kappa shape index (κ3) is 14.1. The van der Waals surface area contributed by atoms with Crippen LogP contribution in [0.2, 0.25) is 0 Å². The van der Waals surface area contributed by atoms with Gasteiger partial charge in [-0.15, -0.1) is 0 Å². The maximum atomic E-state index is 14.0. The van der Waals surface area contributed by atoms with E-state index in [-0.39, 0.29) is 24.9 Å². The zero-order valence-corrected chi connectivity index (χ0v) is 27.8. The Bertz CT molecular complexity index is 1240. The number of benzene rings is 2. The molecule has 2 aromatic carbocycles. The third-order valence-corrected chi connectivity index (χ3v) is 7.74. The van der Waals surface area contributed by atoms with Gasteiger partial charge in [0.15, 0.2) is 12.4 Å². The summed E-state index contributed by atoms with van der Waals surface area (Å²) in [5, 5.41) is 0. The summed E-state index contributed by atoms with van der Waals surface area (Å²) in [6.07, 6.45) is 31.8. The number of hydrogen-bond donors (Lipinski definition) is 0. The molecule has 0 aliphatic carbocycles. The molecule has 2 aromatic rings. The molecule has 0 aromatic heterocycles. The lowest BCUT2D eigenvalue weighted by atomic mass is 9.67. The molecule has 0 N–H and O–H groups in total. The van der Waals surface area contributed by atoms with Crippen molar-refractivity contribution in [2.75, 3.05) is 20.7 Å². The fraction of sp³-hybridized carbons (Fsp3) is 0.366. The van der Waals surface area contributed by atoms with Crippen molar-refractivity contribution in [2.45, 2.75) is 76.7 Å². The van der Waals surface area contributed by atoms with Gasteiger partial charge in [-0.3, -0.25) is 9.59 Å². The molecule has 45 heavy (non-hydrogen) atoms. The van der Waals surface area contributed by atoms with Gasteiger partial charge >= 0.3 is 5.97 Å². The molecule has 0 fully saturated rings. The molecular weight excluding hydrogens is 554 g/mol. The number of rotatable bonds is 21. The van der Waals surface area contributed by atoms with Crippen LogP contribution in [0, 0.1) is 0 Å². The van der Waals surface area contributed by atoms with Crippen LogP contribution in [-0.4, -0.2) is 43.4 Å². The first-order valence-corrected chi connectivity index (χ1v) is 16.3. The highest BCUT2D eigenvalue weighted by atomic mass is 16.5. The average molecular weight is 608 g/mol. The van der Waals surface area contributed by atoms with Crippen LogP contribution < -0.4 is 0 Å². The average Bonchev–Trinajstić information content (AvgIpc) is 3.06. The number of ether oxygens (including phenoxy) is 1. The topological polar surface area (TPSA) is 46.6 Å². The number of carbonyl (C=O) groups is 2. The number of nitrogens with zero attached hydrogens (tertiary/aromatic N) is 1. The van der Waals surface area contributed by atoms with E-state index in [4.69, 9.17) is 4.74 Å². The smallest absolute Gasteiger partial charge is 0.310 e. The second-order valence-corrected chi connectivity index (χ2v) is 11.4. The summed E-state index contributed by atoms with van der Waals surface area (Å²) in [5.41, 5.74) is 0.881. The monoisotopic (exact) mass is 607 g/mol. The predicted octanol–water partition coefficient (Wildman–Crippen LogP) is 9.51. The Morgan fingerprint density at radius 3 is 1.47 bits per heavy atom. The highest BCUT2D eigenvalue weighted by Gasteiger charge is 2.43. The summed E-state index contributed by atoms with van der Waals surface area (Å²) in [6, 6.07) is 19.8. The van der Waals surface area contributed by atoms with Crippen LogP contribution in [0.1, 0.15) is 76.3 Å². The largest absolute Gasteiger partial charge is 0.457 e. The van der Waals surface area contributed by atoms with Crippen LogP contribution in [0.5, 0.6) is 0 Å². The quantitative estimate of drug-likeness (QED) is 0.105. The van der Waals surface area contributed by atoms with E-state index < -0.39 is 11.4 Å². The number of ketones is 1. The molecule has 0 amide bonds. The van der Waals surface area contributed by atoms with Crippen molar-refractivity contribution < 1.29 is 14.3 Å². The first-order chi connectivity index (χ1) is 21.9. The van der Waals surface area contributed by atoms with Crippen molar-refractivity contribution in [3.05, 3.63) is 145 Å².